The van der Waals surface area contributed by atoms with E-state index in [-0.39, 0.29) is 5.82 Å². The van der Waals surface area contributed by atoms with Crippen molar-refractivity contribution in [2.45, 2.75) is 13.0 Å². The minimum atomic E-state index is -0.983. The van der Waals surface area contributed by atoms with Crippen LogP contribution in [0.15, 0.2) is 51.4 Å². The van der Waals surface area contributed by atoms with Crippen molar-refractivity contribution in [3.63, 3.8) is 0 Å². The number of benzene rings is 2. The van der Waals surface area contributed by atoms with Crippen molar-refractivity contribution >= 4 is 26.9 Å². The van der Waals surface area contributed by atoms with Gasteiger partial charge in [-0.1, -0.05) is 18.2 Å². The third kappa shape index (κ3) is 2.37. The third-order valence-corrected chi connectivity index (χ3v) is 3.79. The average Bonchev–Trinajstić information content (AvgIpc) is 2.82. The summed E-state index contributed by atoms with van der Waals surface area (Å²) in [6, 6.07) is 11.9. The molecular formula is C16H12BrFO2. The lowest BCUT2D eigenvalue weighted by Crippen LogP contribution is -1.99. The Bertz CT molecular complexity index is 759. The van der Waals surface area contributed by atoms with Crippen molar-refractivity contribution in [1.82, 2.24) is 0 Å². The number of aryl methyl sites for hydroxylation is 1. The van der Waals surface area contributed by atoms with Gasteiger partial charge in [0.05, 0.1) is 4.47 Å². The van der Waals surface area contributed by atoms with Crippen LogP contribution >= 0.6 is 15.9 Å². The smallest absolute Gasteiger partial charge is 0.148 e. The summed E-state index contributed by atoms with van der Waals surface area (Å²) in [7, 11) is 0. The Morgan fingerprint density at radius 2 is 2.00 bits per heavy atom. The topological polar surface area (TPSA) is 33.4 Å². The summed E-state index contributed by atoms with van der Waals surface area (Å²) < 4.78 is 19.9. The molecule has 4 heteroatoms. The number of fused-ring (bicyclic) bond motifs is 1. The summed E-state index contributed by atoms with van der Waals surface area (Å²) in [4.78, 5) is 0. The largest absolute Gasteiger partial charge is 0.457 e. The van der Waals surface area contributed by atoms with Crippen molar-refractivity contribution in [2.24, 2.45) is 0 Å². The number of hydrogen-bond acceptors (Lipinski definition) is 2. The monoisotopic (exact) mass is 334 g/mol. The fourth-order valence-corrected chi connectivity index (χ4v) is 2.73. The lowest BCUT2D eigenvalue weighted by molar-refractivity contribution is 0.191. The molecular weight excluding hydrogens is 323 g/mol. The van der Waals surface area contributed by atoms with Gasteiger partial charge in [0.25, 0.3) is 0 Å². The highest BCUT2D eigenvalue weighted by Crippen LogP contribution is 2.32. The molecule has 1 aromatic heterocycles. The van der Waals surface area contributed by atoms with E-state index in [0.717, 1.165) is 15.4 Å². The fourth-order valence-electron chi connectivity index (χ4n) is 2.27. The molecule has 0 aliphatic rings. The van der Waals surface area contributed by atoms with Gasteiger partial charge in [0, 0.05) is 5.39 Å². The molecule has 2 nitrogen and oxygen atoms in total. The van der Waals surface area contributed by atoms with E-state index < -0.39 is 6.10 Å². The SMILES string of the molecule is Cc1cc(F)cc(C(O)c2cc3cccc(Br)c3o2)c1. The second-order valence-electron chi connectivity index (χ2n) is 4.77. The standard InChI is InChI=1S/C16H12BrFO2/c1-9-5-11(7-12(18)6-9)15(19)14-8-10-3-2-4-13(17)16(10)20-14/h2-8,15,19H,1H3. The minimum Gasteiger partial charge on any atom is -0.457 e. The highest BCUT2D eigenvalue weighted by molar-refractivity contribution is 9.10. The van der Waals surface area contributed by atoms with Crippen LogP contribution in [0.2, 0.25) is 0 Å². The van der Waals surface area contributed by atoms with E-state index in [2.05, 4.69) is 15.9 Å². The summed E-state index contributed by atoms with van der Waals surface area (Å²) in [5, 5.41) is 11.2. The quantitative estimate of drug-likeness (QED) is 0.735. The summed E-state index contributed by atoms with van der Waals surface area (Å²) in [6.45, 7) is 1.79. The van der Waals surface area contributed by atoms with Crippen molar-refractivity contribution in [3.8, 4) is 0 Å². The van der Waals surface area contributed by atoms with E-state index in [9.17, 15) is 9.50 Å². The predicted octanol–water partition coefficient (Wildman–Crippen LogP) is 4.72. The van der Waals surface area contributed by atoms with E-state index in [1.807, 2.05) is 18.2 Å². The lowest BCUT2D eigenvalue weighted by Gasteiger charge is -2.09. The van der Waals surface area contributed by atoms with Gasteiger partial charge in [0.15, 0.2) is 0 Å². The molecule has 0 aliphatic heterocycles. The first kappa shape index (κ1) is 13.3. The van der Waals surface area contributed by atoms with E-state index in [0.29, 0.717) is 16.9 Å². The van der Waals surface area contributed by atoms with Gasteiger partial charge in [0.2, 0.25) is 0 Å². The van der Waals surface area contributed by atoms with Gasteiger partial charge in [-0.3, -0.25) is 0 Å². The van der Waals surface area contributed by atoms with Crippen LogP contribution < -0.4 is 0 Å². The molecule has 0 bridgehead atoms. The van der Waals surface area contributed by atoms with Crippen LogP contribution in [0.25, 0.3) is 11.0 Å². The summed E-state index contributed by atoms with van der Waals surface area (Å²) >= 11 is 3.40. The number of aliphatic hydroxyl groups excluding tert-OH is 1. The van der Waals surface area contributed by atoms with Crippen LogP contribution in [0.3, 0.4) is 0 Å². The van der Waals surface area contributed by atoms with Crippen molar-refractivity contribution in [3.05, 3.63) is 69.6 Å². The van der Waals surface area contributed by atoms with Gasteiger partial charge in [-0.2, -0.15) is 0 Å². The van der Waals surface area contributed by atoms with Gasteiger partial charge in [-0.05, 0) is 58.2 Å². The first-order valence-electron chi connectivity index (χ1n) is 6.18. The van der Waals surface area contributed by atoms with E-state index in [1.165, 1.54) is 12.1 Å². The molecule has 0 saturated carbocycles. The van der Waals surface area contributed by atoms with Gasteiger partial charge in [-0.25, -0.2) is 4.39 Å². The molecule has 1 atom stereocenters. The van der Waals surface area contributed by atoms with Crippen molar-refractivity contribution in [1.29, 1.82) is 0 Å². The van der Waals surface area contributed by atoms with Gasteiger partial charge in [-0.15, -0.1) is 0 Å². The van der Waals surface area contributed by atoms with E-state index in [1.54, 1.807) is 19.1 Å². The molecule has 3 rings (SSSR count). The molecule has 0 radical (unpaired) electrons. The third-order valence-electron chi connectivity index (χ3n) is 3.16. The summed E-state index contributed by atoms with van der Waals surface area (Å²) in [5.74, 6) is 0.0354. The fraction of sp³-hybridized carbons (Fsp3) is 0.125. The Morgan fingerprint density at radius 3 is 2.70 bits per heavy atom. The van der Waals surface area contributed by atoms with Crippen LogP contribution in [-0.4, -0.2) is 5.11 Å². The Labute approximate surface area is 124 Å². The highest BCUT2D eigenvalue weighted by atomic mass is 79.9. The molecule has 0 saturated heterocycles. The molecule has 20 heavy (non-hydrogen) atoms. The number of aliphatic hydroxyl groups is 1. The molecule has 0 amide bonds. The molecule has 1 N–H and O–H groups in total. The zero-order valence-corrected chi connectivity index (χ0v) is 12.3. The Hall–Kier alpha value is -1.65. The molecule has 0 aliphatic carbocycles. The maximum Gasteiger partial charge on any atom is 0.148 e. The summed E-state index contributed by atoms with van der Waals surface area (Å²) in [6.07, 6.45) is -0.983. The Morgan fingerprint density at radius 1 is 1.20 bits per heavy atom. The number of hydrogen-bond donors (Lipinski definition) is 1. The zero-order valence-electron chi connectivity index (χ0n) is 10.7. The van der Waals surface area contributed by atoms with Crippen LogP contribution in [0.1, 0.15) is 23.0 Å². The normalized spacial score (nSPS) is 12.8. The van der Waals surface area contributed by atoms with Crippen LogP contribution in [0, 0.1) is 12.7 Å². The summed E-state index contributed by atoms with van der Waals surface area (Å²) in [5.41, 5.74) is 1.92. The molecule has 1 unspecified atom stereocenters. The minimum absolute atomic E-state index is 0.364. The highest BCUT2D eigenvalue weighted by Gasteiger charge is 2.17. The van der Waals surface area contributed by atoms with Gasteiger partial charge < -0.3 is 9.52 Å². The molecule has 102 valence electrons. The van der Waals surface area contributed by atoms with Crippen molar-refractivity contribution < 1.29 is 13.9 Å². The van der Waals surface area contributed by atoms with Crippen molar-refractivity contribution in [2.75, 3.05) is 0 Å². The first-order chi connectivity index (χ1) is 9.54. The van der Waals surface area contributed by atoms with Crippen LogP contribution in [0.5, 0.6) is 0 Å². The van der Waals surface area contributed by atoms with Crippen LogP contribution in [0.4, 0.5) is 4.39 Å². The van der Waals surface area contributed by atoms with E-state index >= 15 is 0 Å². The molecule has 0 spiro atoms. The Balaban J connectivity index is 2.07. The van der Waals surface area contributed by atoms with Crippen LogP contribution in [-0.2, 0) is 0 Å². The molecule has 0 fully saturated rings. The first-order valence-corrected chi connectivity index (χ1v) is 6.97. The maximum atomic E-state index is 13.4. The van der Waals surface area contributed by atoms with Gasteiger partial charge in [0.1, 0.15) is 23.3 Å². The van der Waals surface area contributed by atoms with E-state index in [4.69, 9.17) is 4.42 Å². The number of furan rings is 1. The zero-order chi connectivity index (χ0) is 14.3. The average molecular weight is 335 g/mol. The Kier molecular flexibility index (Phi) is 3.36. The number of para-hydroxylation sites is 1. The number of rotatable bonds is 2. The number of halogens is 2. The molecule has 1 heterocycles. The second-order valence-corrected chi connectivity index (χ2v) is 5.63. The second kappa shape index (κ2) is 5.04. The molecule has 2 aromatic carbocycles. The molecule has 3 aromatic rings. The predicted molar refractivity (Wildman–Crippen MR) is 79.1 cm³/mol. The lowest BCUT2D eigenvalue weighted by atomic mass is 10.0. The maximum absolute atomic E-state index is 13.4. The van der Waals surface area contributed by atoms with Gasteiger partial charge >= 0.3 is 0 Å².